The summed E-state index contributed by atoms with van der Waals surface area (Å²) in [5.74, 6) is 2.75. The zero-order chi connectivity index (χ0) is 14.7. The van der Waals surface area contributed by atoms with Gasteiger partial charge >= 0.3 is 0 Å². The Kier molecular flexibility index (Phi) is 4.45. The molecule has 0 aliphatic carbocycles. The van der Waals surface area contributed by atoms with Gasteiger partial charge in [-0.15, -0.1) is 10.2 Å². The zero-order valence-corrected chi connectivity index (χ0v) is 13.0. The largest absolute Gasteiger partial charge is 0.489 e. The summed E-state index contributed by atoms with van der Waals surface area (Å²) in [7, 11) is 0. The van der Waals surface area contributed by atoms with Gasteiger partial charge in [0.2, 0.25) is 0 Å². The fraction of sp³-hybridized carbons (Fsp3) is 0.467. The van der Waals surface area contributed by atoms with E-state index >= 15 is 0 Å². The molecule has 1 aromatic heterocycles. The average Bonchev–Trinajstić information content (AvgIpc) is 3.08. The Bertz CT molecular complexity index is 588. The maximum Gasteiger partial charge on any atom is 0.191 e. The Balaban J connectivity index is 1.63. The number of thioether (sulfide) groups is 1. The van der Waals surface area contributed by atoms with E-state index in [2.05, 4.69) is 33.8 Å². The van der Waals surface area contributed by atoms with Crippen LogP contribution in [0.4, 0.5) is 0 Å². The first-order valence-corrected chi connectivity index (χ1v) is 8.30. The third-order valence-electron chi connectivity index (χ3n) is 3.54. The summed E-state index contributed by atoms with van der Waals surface area (Å²) in [6, 6.07) is 8.24. The minimum Gasteiger partial charge on any atom is -0.489 e. The topological polar surface area (TPSA) is 66.0 Å². The summed E-state index contributed by atoms with van der Waals surface area (Å²) in [6.45, 7) is 3.48. The number of hydrogen-bond donors (Lipinski definition) is 1. The lowest BCUT2D eigenvalue weighted by molar-refractivity contribution is 0.259. The van der Waals surface area contributed by atoms with Crippen LogP contribution in [0.25, 0.3) is 0 Å². The smallest absolute Gasteiger partial charge is 0.191 e. The molecule has 0 fully saturated rings. The minimum atomic E-state index is 0.209. The van der Waals surface area contributed by atoms with E-state index in [1.807, 2.05) is 12.1 Å². The SMILES string of the molecule is CCCn1c(CN)nnc1SCC1Cc2ccccc2O1. The van der Waals surface area contributed by atoms with Crippen molar-refractivity contribution in [2.45, 2.75) is 44.1 Å². The highest BCUT2D eigenvalue weighted by Crippen LogP contribution is 2.31. The molecule has 0 radical (unpaired) electrons. The number of nitrogens with two attached hydrogens (primary N) is 1. The number of aromatic nitrogens is 3. The van der Waals surface area contributed by atoms with Crippen LogP contribution in [0.3, 0.4) is 0 Å². The van der Waals surface area contributed by atoms with Crippen molar-refractivity contribution in [2.75, 3.05) is 5.75 Å². The van der Waals surface area contributed by atoms with Gasteiger partial charge in [0, 0.05) is 18.7 Å². The van der Waals surface area contributed by atoms with Gasteiger partial charge in [-0.1, -0.05) is 36.9 Å². The molecule has 0 amide bonds. The van der Waals surface area contributed by atoms with Crippen molar-refractivity contribution in [1.29, 1.82) is 0 Å². The first-order chi connectivity index (χ1) is 10.3. The van der Waals surface area contributed by atoms with Crippen molar-refractivity contribution in [3.8, 4) is 5.75 Å². The van der Waals surface area contributed by atoms with Crippen LogP contribution in [0.2, 0.25) is 0 Å². The average molecular weight is 304 g/mol. The monoisotopic (exact) mass is 304 g/mol. The Morgan fingerprint density at radius 3 is 3.00 bits per heavy atom. The Hall–Kier alpha value is -1.53. The van der Waals surface area contributed by atoms with E-state index in [4.69, 9.17) is 10.5 Å². The van der Waals surface area contributed by atoms with E-state index in [-0.39, 0.29) is 6.10 Å². The van der Waals surface area contributed by atoms with Crippen molar-refractivity contribution >= 4 is 11.8 Å². The van der Waals surface area contributed by atoms with Gasteiger partial charge in [0.15, 0.2) is 5.16 Å². The highest BCUT2D eigenvalue weighted by atomic mass is 32.2. The van der Waals surface area contributed by atoms with Crippen LogP contribution in [0, 0.1) is 0 Å². The molecule has 5 nitrogen and oxygen atoms in total. The van der Waals surface area contributed by atoms with E-state index in [0.29, 0.717) is 6.54 Å². The first-order valence-electron chi connectivity index (χ1n) is 7.31. The van der Waals surface area contributed by atoms with Crippen LogP contribution in [0.1, 0.15) is 24.7 Å². The summed E-state index contributed by atoms with van der Waals surface area (Å²) in [5.41, 5.74) is 7.01. The highest BCUT2D eigenvalue weighted by molar-refractivity contribution is 7.99. The van der Waals surface area contributed by atoms with Crippen molar-refractivity contribution in [2.24, 2.45) is 5.73 Å². The van der Waals surface area contributed by atoms with Crippen LogP contribution >= 0.6 is 11.8 Å². The molecule has 1 atom stereocenters. The molecular formula is C15H20N4OS. The number of nitrogens with zero attached hydrogens (tertiary/aromatic N) is 3. The minimum absolute atomic E-state index is 0.209. The van der Waals surface area contributed by atoms with E-state index in [0.717, 1.165) is 41.9 Å². The number of para-hydroxylation sites is 1. The third kappa shape index (κ3) is 3.06. The summed E-state index contributed by atoms with van der Waals surface area (Å²) >= 11 is 1.70. The van der Waals surface area contributed by atoms with Gasteiger partial charge in [-0.25, -0.2) is 0 Å². The second-order valence-electron chi connectivity index (χ2n) is 5.12. The molecule has 2 heterocycles. The predicted molar refractivity (Wildman–Crippen MR) is 83.5 cm³/mol. The summed E-state index contributed by atoms with van der Waals surface area (Å²) < 4.78 is 8.08. The standard InChI is InChI=1S/C15H20N4OS/c1-2-7-19-14(9-16)17-18-15(19)21-10-12-8-11-5-3-4-6-13(11)20-12/h3-6,12H,2,7-10,16H2,1H3. The molecule has 1 aromatic carbocycles. The molecule has 21 heavy (non-hydrogen) atoms. The molecule has 3 rings (SSSR count). The fourth-order valence-corrected chi connectivity index (χ4v) is 3.51. The van der Waals surface area contributed by atoms with Gasteiger partial charge in [0.1, 0.15) is 17.7 Å². The van der Waals surface area contributed by atoms with Crippen molar-refractivity contribution in [3.63, 3.8) is 0 Å². The van der Waals surface area contributed by atoms with Gasteiger partial charge in [-0.3, -0.25) is 0 Å². The molecule has 1 aliphatic heterocycles. The molecule has 2 N–H and O–H groups in total. The van der Waals surface area contributed by atoms with Crippen LogP contribution in [-0.2, 0) is 19.5 Å². The van der Waals surface area contributed by atoms with Gasteiger partial charge in [0.25, 0.3) is 0 Å². The number of benzene rings is 1. The lowest BCUT2D eigenvalue weighted by Crippen LogP contribution is -2.17. The third-order valence-corrected chi connectivity index (χ3v) is 4.63. The van der Waals surface area contributed by atoms with Crippen LogP contribution in [-0.4, -0.2) is 26.6 Å². The maximum atomic E-state index is 5.96. The van der Waals surface area contributed by atoms with Crippen molar-refractivity contribution < 1.29 is 4.74 Å². The van der Waals surface area contributed by atoms with E-state index < -0.39 is 0 Å². The van der Waals surface area contributed by atoms with Crippen LogP contribution < -0.4 is 10.5 Å². The molecular weight excluding hydrogens is 284 g/mol. The summed E-state index contributed by atoms with van der Waals surface area (Å²) in [4.78, 5) is 0. The predicted octanol–water partition coefficient (Wildman–Crippen LogP) is 2.24. The Morgan fingerprint density at radius 2 is 2.24 bits per heavy atom. The number of fused-ring (bicyclic) bond motifs is 1. The number of rotatable bonds is 6. The van der Waals surface area contributed by atoms with Crippen LogP contribution in [0.15, 0.2) is 29.4 Å². The maximum absolute atomic E-state index is 5.96. The number of hydrogen-bond acceptors (Lipinski definition) is 5. The quantitative estimate of drug-likeness (QED) is 0.829. The van der Waals surface area contributed by atoms with Gasteiger partial charge in [0.05, 0.1) is 6.54 Å². The molecule has 0 saturated heterocycles. The molecule has 1 unspecified atom stereocenters. The molecule has 0 bridgehead atoms. The van der Waals surface area contributed by atoms with E-state index in [1.165, 1.54) is 5.56 Å². The molecule has 0 spiro atoms. The second-order valence-corrected chi connectivity index (χ2v) is 6.10. The fourth-order valence-electron chi connectivity index (χ4n) is 2.54. The van der Waals surface area contributed by atoms with Gasteiger partial charge in [-0.05, 0) is 18.1 Å². The highest BCUT2D eigenvalue weighted by Gasteiger charge is 2.23. The molecule has 112 valence electrons. The summed E-state index contributed by atoms with van der Waals surface area (Å²) in [6.07, 6.45) is 2.22. The Morgan fingerprint density at radius 1 is 1.38 bits per heavy atom. The zero-order valence-electron chi connectivity index (χ0n) is 12.2. The molecule has 6 heteroatoms. The molecule has 2 aromatic rings. The number of ether oxygens (including phenoxy) is 1. The first kappa shape index (κ1) is 14.4. The van der Waals surface area contributed by atoms with Gasteiger partial charge < -0.3 is 15.0 Å². The molecule has 1 aliphatic rings. The lowest BCUT2D eigenvalue weighted by atomic mass is 10.1. The van der Waals surface area contributed by atoms with E-state index in [1.54, 1.807) is 11.8 Å². The van der Waals surface area contributed by atoms with Crippen molar-refractivity contribution in [1.82, 2.24) is 14.8 Å². The van der Waals surface area contributed by atoms with Gasteiger partial charge in [-0.2, -0.15) is 0 Å². The normalized spacial score (nSPS) is 16.8. The molecule has 0 saturated carbocycles. The van der Waals surface area contributed by atoms with E-state index in [9.17, 15) is 0 Å². The van der Waals surface area contributed by atoms with Crippen molar-refractivity contribution in [3.05, 3.63) is 35.7 Å². The van der Waals surface area contributed by atoms with Crippen LogP contribution in [0.5, 0.6) is 5.75 Å². The summed E-state index contributed by atoms with van der Waals surface area (Å²) in [5, 5.41) is 9.36. The Labute approximate surface area is 128 Å². The second kappa shape index (κ2) is 6.49. The lowest BCUT2D eigenvalue weighted by Gasteiger charge is -2.11.